The number of amides is 1. The van der Waals surface area contributed by atoms with Gasteiger partial charge in [-0.2, -0.15) is 5.26 Å². The number of rotatable bonds is 7. The molecule has 172 valence electrons. The van der Waals surface area contributed by atoms with Gasteiger partial charge in [0, 0.05) is 19.0 Å². The van der Waals surface area contributed by atoms with E-state index in [2.05, 4.69) is 16.5 Å². The lowest BCUT2D eigenvalue weighted by atomic mass is 9.98. The summed E-state index contributed by atoms with van der Waals surface area (Å²) < 4.78 is 11.9. The van der Waals surface area contributed by atoms with Gasteiger partial charge in [-0.15, -0.1) is 0 Å². The molecule has 0 radical (unpaired) electrons. The largest absolute Gasteiger partial charge is 0.477 e. The number of benzene rings is 2. The van der Waals surface area contributed by atoms with Crippen LogP contribution in [0.15, 0.2) is 73.1 Å². The van der Waals surface area contributed by atoms with E-state index in [-0.39, 0.29) is 17.4 Å². The summed E-state index contributed by atoms with van der Waals surface area (Å²) in [6, 6.07) is 18.8. The van der Waals surface area contributed by atoms with Gasteiger partial charge in [-0.1, -0.05) is 36.9 Å². The Balaban J connectivity index is 1.45. The predicted molar refractivity (Wildman–Crippen MR) is 128 cm³/mol. The number of para-hydroxylation sites is 1. The number of anilines is 1. The highest BCUT2D eigenvalue weighted by atomic mass is 16.5. The first-order chi connectivity index (χ1) is 16.5. The number of likely N-dealkylation sites (tertiary alicyclic amines) is 1. The van der Waals surface area contributed by atoms with Gasteiger partial charge in [0.15, 0.2) is 0 Å². The minimum absolute atomic E-state index is 0.0490. The van der Waals surface area contributed by atoms with Gasteiger partial charge in [-0.3, -0.25) is 4.79 Å². The highest BCUT2D eigenvalue weighted by Gasteiger charge is 2.26. The van der Waals surface area contributed by atoms with Crippen molar-refractivity contribution in [3.8, 4) is 34.6 Å². The van der Waals surface area contributed by atoms with E-state index in [4.69, 9.17) is 20.5 Å². The molecular weight excluding hydrogens is 430 g/mol. The van der Waals surface area contributed by atoms with Crippen LogP contribution in [-0.2, 0) is 4.79 Å². The summed E-state index contributed by atoms with van der Waals surface area (Å²) in [5.41, 5.74) is 7.54. The molecule has 2 N–H and O–H groups in total. The quantitative estimate of drug-likeness (QED) is 0.419. The van der Waals surface area contributed by atoms with Gasteiger partial charge in [-0.25, -0.2) is 9.97 Å². The van der Waals surface area contributed by atoms with E-state index in [1.807, 2.05) is 60.7 Å². The predicted octanol–water partition coefficient (Wildman–Crippen LogP) is 4.22. The van der Waals surface area contributed by atoms with Crippen LogP contribution < -0.4 is 15.2 Å². The van der Waals surface area contributed by atoms with Crippen molar-refractivity contribution in [2.45, 2.75) is 12.8 Å². The van der Waals surface area contributed by atoms with E-state index in [1.165, 1.54) is 6.33 Å². The number of hydrogen-bond donors (Lipinski definition) is 1. The second-order valence-corrected chi connectivity index (χ2v) is 8.04. The Morgan fingerprint density at radius 1 is 1.15 bits per heavy atom. The SMILES string of the molecule is C=C(C#N)C(=O)N1CCCC(COc2ncnc(N)c2-c2ccc(Oc3ccccc3)cc2)C1. The molecule has 0 saturated carbocycles. The van der Waals surface area contributed by atoms with E-state index < -0.39 is 0 Å². The van der Waals surface area contributed by atoms with Crippen LogP contribution in [0, 0.1) is 17.2 Å². The zero-order valence-electron chi connectivity index (χ0n) is 18.7. The van der Waals surface area contributed by atoms with Crippen molar-refractivity contribution in [1.29, 1.82) is 5.26 Å². The summed E-state index contributed by atoms with van der Waals surface area (Å²) in [5.74, 6) is 1.92. The summed E-state index contributed by atoms with van der Waals surface area (Å²) in [7, 11) is 0. The van der Waals surface area contributed by atoms with Gasteiger partial charge in [0.25, 0.3) is 5.91 Å². The molecule has 3 aromatic rings. The Kier molecular flexibility index (Phi) is 7.04. The van der Waals surface area contributed by atoms with Crippen LogP contribution in [0.3, 0.4) is 0 Å². The highest BCUT2D eigenvalue weighted by molar-refractivity contribution is 5.96. The molecule has 8 heteroatoms. The maximum Gasteiger partial charge on any atom is 0.263 e. The molecule has 1 saturated heterocycles. The average molecular weight is 456 g/mol. The van der Waals surface area contributed by atoms with Crippen LogP contribution in [0.4, 0.5) is 5.82 Å². The van der Waals surface area contributed by atoms with Gasteiger partial charge in [0.1, 0.15) is 35.3 Å². The maximum atomic E-state index is 12.3. The average Bonchev–Trinajstić information content (AvgIpc) is 2.88. The van der Waals surface area contributed by atoms with Crippen molar-refractivity contribution < 1.29 is 14.3 Å². The van der Waals surface area contributed by atoms with Gasteiger partial charge in [-0.05, 0) is 42.7 Å². The molecule has 1 fully saturated rings. The van der Waals surface area contributed by atoms with E-state index in [1.54, 1.807) is 4.90 Å². The van der Waals surface area contributed by atoms with Crippen LogP contribution in [-0.4, -0.2) is 40.5 Å². The van der Waals surface area contributed by atoms with Crippen LogP contribution >= 0.6 is 0 Å². The van der Waals surface area contributed by atoms with Gasteiger partial charge in [0.05, 0.1) is 12.2 Å². The number of nitrogens with two attached hydrogens (primary N) is 1. The number of nitrogens with zero attached hydrogens (tertiary/aromatic N) is 4. The zero-order chi connectivity index (χ0) is 23.9. The third-order valence-electron chi connectivity index (χ3n) is 5.62. The highest BCUT2D eigenvalue weighted by Crippen LogP contribution is 2.34. The van der Waals surface area contributed by atoms with Crippen molar-refractivity contribution in [2.75, 3.05) is 25.4 Å². The molecule has 34 heavy (non-hydrogen) atoms. The second-order valence-electron chi connectivity index (χ2n) is 8.04. The molecule has 2 heterocycles. The third-order valence-corrected chi connectivity index (χ3v) is 5.62. The van der Waals surface area contributed by atoms with Gasteiger partial charge >= 0.3 is 0 Å². The first kappa shape index (κ1) is 22.8. The summed E-state index contributed by atoms with van der Waals surface area (Å²) >= 11 is 0. The molecule has 2 aromatic carbocycles. The Morgan fingerprint density at radius 3 is 2.62 bits per heavy atom. The van der Waals surface area contributed by atoms with Crippen molar-refractivity contribution in [3.05, 3.63) is 73.1 Å². The van der Waals surface area contributed by atoms with Crippen molar-refractivity contribution >= 4 is 11.7 Å². The standard InChI is InChI=1S/C26H25N5O3/c1-18(14-27)26(32)31-13-5-6-19(15-31)16-33-25-23(24(28)29-17-30-25)20-9-11-22(12-10-20)34-21-7-3-2-4-8-21/h2-4,7-12,17,19H,1,5-6,13,15-16H2,(H2,28,29,30). The van der Waals surface area contributed by atoms with E-state index >= 15 is 0 Å². The topological polar surface area (TPSA) is 114 Å². The van der Waals surface area contributed by atoms with Crippen LogP contribution in [0.1, 0.15) is 12.8 Å². The van der Waals surface area contributed by atoms with Crippen molar-refractivity contribution in [1.82, 2.24) is 14.9 Å². The first-order valence-electron chi connectivity index (χ1n) is 11.0. The Labute approximate surface area is 198 Å². The van der Waals surface area contributed by atoms with Gasteiger partial charge in [0.2, 0.25) is 5.88 Å². The fourth-order valence-electron chi connectivity index (χ4n) is 3.90. The fourth-order valence-corrected chi connectivity index (χ4v) is 3.90. The number of carbonyl (C=O) groups excluding carboxylic acids is 1. The lowest BCUT2D eigenvalue weighted by Gasteiger charge is -2.32. The van der Waals surface area contributed by atoms with Crippen LogP contribution in [0.5, 0.6) is 17.4 Å². The Hall–Kier alpha value is -4.38. The molecule has 1 amide bonds. The molecule has 1 aliphatic rings. The number of carbonyl (C=O) groups is 1. The van der Waals surface area contributed by atoms with E-state index in [0.29, 0.717) is 42.7 Å². The number of nitrogen functional groups attached to an aromatic ring is 1. The lowest BCUT2D eigenvalue weighted by Crippen LogP contribution is -2.42. The molecule has 0 spiro atoms. The number of nitriles is 1. The third kappa shape index (κ3) is 5.33. The fraction of sp³-hybridized carbons (Fsp3) is 0.231. The monoisotopic (exact) mass is 455 g/mol. The molecule has 0 aliphatic carbocycles. The molecule has 4 rings (SSSR count). The number of hydrogen-bond acceptors (Lipinski definition) is 7. The lowest BCUT2D eigenvalue weighted by molar-refractivity contribution is -0.128. The Morgan fingerprint density at radius 2 is 1.88 bits per heavy atom. The normalized spacial score (nSPS) is 15.3. The Bertz CT molecular complexity index is 1210. The van der Waals surface area contributed by atoms with E-state index in [0.717, 1.165) is 24.2 Å². The molecular formula is C26H25N5O3. The van der Waals surface area contributed by atoms with Crippen LogP contribution in [0.25, 0.3) is 11.1 Å². The molecule has 1 aromatic heterocycles. The minimum atomic E-state index is -0.322. The molecule has 0 bridgehead atoms. The molecule has 1 atom stereocenters. The molecule has 1 aliphatic heterocycles. The summed E-state index contributed by atoms with van der Waals surface area (Å²) in [4.78, 5) is 22.4. The van der Waals surface area contributed by atoms with Crippen molar-refractivity contribution in [3.63, 3.8) is 0 Å². The zero-order valence-corrected chi connectivity index (χ0v) is 18.7. The number of aromatic nitrogens is 2. The van der Waals surface area contributed by atoms with Gasteiger partial charge < -0.3 is 20.1 Å². The smallest absolute Gasteiger partial charge is 0.263 e. The number of piperidine rings is 1. The maximum absolute atomic E-state index is 12.3. The molecule has 1 unspecified atom stereocenters. The van der Waals surface area contributed by atoms with Crippen molar-refractivity contribution in [2.24, 2.45) is 5.92 Å². The summed E-state index contributed by atoms with van der Waals surface area (Å²) in [6.45, 7) is 5.00. The summed E-state index contributed by atoms with van der Waals surface area (Å²) in [5, 5.41) is 8.95. The molecule has 8 nitrogen and oxygen atoms in total. The van der Waals surface area contributed by atoms with E-state index in [9.17, 15) is 4.79 Å². The minimum Gasteiger partial charge on any atom is -0.477 e. The summed E-state index contributed by atoms with van der Waals surface area (Å²) in [6.07, 6.45) is 3.11. The first-order valence-corrected chi connectivity index (χ1v) is 11.0. The number of ether oxygens (including phenoxy) is 2. The van der Waals surface area contributed by atoms with Crippen LogP contribution in [0.2, 0.25) is 0 Å². The second kappa shape index (κ2) is 10.5.